The van der Waals surface area contributed by atoms with Gasteiger partial charge >= 0.3 is 5.97 Å². The molecule has 2 N–H and O–H groups in total. The van der Waals surface area contributed by atoms with Crippen molar-refractivity contribution in [2.75, 3.05) is 13.2 Å². The van der Waals surface area contributed by atoms with Crippen LogP contribution in [-0.4, -0.2) is 29.4 Å². The Morgan fingerprint density at radius 3 is 2.76 bits per heavy atom. The number of hydrogen-bond acceptors (Lipinski definition) is 4. The Kier molecular flexibility index (Phi) is 3.85. The van der Waals surface area contributed by atoms with Crippen LogP contribution >= 0.6 is 11.6 Å². The van der Waals surface area contributed by atoms with Crippen LogP contribution in [0.5, 0.6) is 17.2 Å². The van der Waals surface area contributed by atoms with Crippen molar-refractivity contribution in [2.45, 2.75) is 31.6 Å². The number of halogens is 1. The van der Waals surface area contributed by atoms with Gasteiger partial charge in [0.05, 0.1) is 24.7 Å². The van der Waals surface area contributed by atoms with Crippen molar-refractivity contribution >= 4 is 17.6 Å². The van der Waals surface area contributed by atoms with Crippen LogP contribution in [0.4, 0.5) is 0 Å². The molecule has 1 aromatic carbocycles. The summed E-state index contributed by atoms with van der Waals surface area (Å²) >= 11 is 6.08. The lowest BCUT2D eigenvalue weighted by Crippen LogP contribution is -2.11. The first kappa shape index (κ1) is 14.3. The molecule has 0 radical (unpaired) electrons. The molecule has 1 aliphatic heterocycles. The Bertz CT molecular complexity index is 568. The van der Waals surface area contributed by atoms with E-state index in [2.05, 4.69) is 0 Å². The standard InChI is InChI=1S/C15H17ClO5/c16-10-7-11-15(21-5-1-4-20-11)13(14(10)19)9(6-12(17)18)8-2-3-8/h7-9,19H,1-6H2,(H,17,18). The third kappa shape index (κ3) is 2.88. The molecule has 1 atom stereocenters. The van der Waals surface area contributed by atoms with Gasteiger partial charge in [-0.1, -0.05) is 11.6 Å². The Morgan fingerprint density at radius 1 is 1.38 bits per heavy atom. The summed E-state index contributed by atoms with van der Waals surface area (Å²) in [5, 5.41) is 19.7. The monoisotopic (exact) mass is 312 g/mol. The molecule has 1 fully saturated rings. The molecule has 1 aliphatic carbocycles. The molecule has 0 amide bonds. The van der Waals surface area contributed by atoms with Crippen molar-refractivity contribution < 1.29 is 24.5 Å². The summed E-state index contributed by atoms with van der Waals surface area (Å²) in [5.74, 6) is -0.0828. The lowest BCUT2D eigenvalue weighted by Gasteiger charge is -2.21. The van der Waals surface area contributed by atoms with Crippen LogP contribution in [0.15, 0.2) is 6.07 Å². The van der Waals surface area contributed by atoms with E-state index in [-0.39, 0.29) is 29.0 Å². The van der Waals surface area contributed by atoms with Gasteiger partial charge in [-0.05, 0) is 18.8 Å². The number of phenols is 1. The fourth-order valence-corrected chi connectivity index (χ4v) is 3.03. The highest BCUT2D eigenvalue weighted by Gasteiger charge is 2.39. The number of aliphatic carboxylic acids is 1. The molecule has 0 spiro atoms. The maximum atomic E-state index is 11.2. The summed E-state index contributed by atoms with van der Waals surface area (Å²) in [6, 6.07) is 1.53. The molecule has 114 valence electrons. The molecule has 6 heteroatoms. The minimum absolute atomic E-state index is 0.0473. The highest BCUT2D eigenvalue weighted by molar-refractivity contribution is 6.32. The highest BCUT2D eigenvalue weighted by atomic mass is 35.5. The lowest BCUT2D eigenvalue weighted by atomic mass is 9.89. The molecule has 0 bridgehead atoms. The maximum Gasteiger partial charge on any atom is 0.303 e. The summed E-state index contributed by atoms with van der Waals surface area (Å²) in [6.45, 7) is 0.992. The topological polar surface area (TPSA) is 76.0 Å². The van der Waals surface area contributed by atoms with Gasteiger partial charge in [0.25, 0.3) is 0 Å². The molecule has 1 heterocycles. The van der Waals surface area contributed by atoms with Crippen molar-refractivity contribution in [3.63, 3.8) is 0 Å². The number of carboxylic acid groups (broad SMARTS) is 1. The second-order valence-corrected chi connectivity index (χ2v) is 5.95. The molecule has 1 unspecified atom stereocenters. The quantitative estimate of drug-likeness (QED) is 0.893. The second kappa shape index (κ2) is 5.64. The van der Waals surface area contributed by atoms with Gasteiger partial charge in [-0.25, -0.2) is 0 Å². The minimum atomic E-state index is -0.894. The first-order valence-electron chi connectivity index (χ1n) is 7.10. The number of benzene rings is 1. The van der Waals surface area contributed by atoms with Gasteiger partial charge < -0.3 is 19.7 Å². The van der Waals surface area contributed by atoms with Gasteiger partial charge in [0.1, 0.15) is 5.75 Å². The van der Waals surface area contributed by atoms with Gasteiger partial charge in [-0.15, -0.1) is 0 Å². The van der Waals surface area contributed by atoms with Crippen LogP contribution in [0.2, 0.25) is 5.02 Å². The van der Waals surface area contributed by atoms with E-state index in [1.165, 1.54) is 6.07 Å². The number of hydrogen-bond donors (Lipinski definition) is 2. The molecule has 0 aromatic heterocycles. The Balaban J connectivity index is 2.10. The zero-order valence-electron chi connectivity index (χ0n) is 11.5. The SMILES string of the molecule is O=C(O)CC(c1c(O)c(Cl)cc2c1OCCCO2)C1CC1. The van der Waals surface area contributed by atoms with Gasteiger partial charge in [0.15, 0.2) is 11.5 Å². The average molecular weight is 313 g/mol. The van der Waals surface area contributed by atoms with E-state index in [0.29, 0.717) is 30.3 Å². The normalized spacial score (nSPS) is 18.9. The number of aromatic hydroxyl groups is 1. The molecular weight excluding hydrogens is 296 g/mol. The molecule has 0 saturated heterocycles. The van der Waals surface area contributed by atoms with E-state index in [1.807, 2.05) is 0 Å². The van der Waals surface area contributed by atoms with Crippen LogP contribution in [0.25, 0.3) is 0 Å². The molecular formula is C15H17ClO5. The van der Waals surface area contributed by atoms with Crippen LogP contribution in [-0.2, 0) is 4.79 Å². The van der Waals surface area contributed by atoms with E-state index >= 15 is 0 Å². The summed E-state index contributed by atoms with van der Waals surface area (Å²) in [6.07, 6.45) is 2.60. The number of rotatable bonds is 4. The first-order chi connectivity index (χ1) is 10.1. The minimum Gasteiger partial charge on any atom is -0.506 e. The summed E-state index contributed by atoms with van der Waals surface area (Å²) < 4.78 is 11.3. The van der Waals surface area contributed by atoms with Crippen molar-refractivity contribution in [1.82, 2.24) is 0 Å². The van der Waals surface area contributed by atoms with Crippen LogP contribution in [0.3, 0.4) is 0 Å². The number of carbonyl (C=O) groups is 1. The molecule has 5 nitrogen and oxygen atoms in total. The largest absolute Gasteiger partial charge is 0.506 e. The smallest absolute Gasteiger partial charge is 0.303 e. The van der Waals surface area contributed by atoms with E-state index < -0.39 is 5.97 Å². The third-order valence-electron chi connectivity index (χ3n) is 3.96. The molecule has 3 rings (SSSR count). The van der Waals surface area contributed by atoms with Crippen LogP contribution < -0.4 is 9.47 Å². The predicted molar refractivity (Wildman–Crippen MR) is 76.4 cm³/mol. The summed E-state index contributed by atoms with van der Waals surface area (Å²) in [5.41, 5.74) is 0.490. The summed E-state index contributed by atoms with van der Waals surface area (Å²) in [4.78, 5) is 11.2. The molecule has 1 saturated carbocycles. The summed E-state index contributed by atoms with van der Waals surface area (Å²) in [7, 11) is 0. The fraction of sp³-hybridized carbons (Fsp3) is 0.533. The van der Waals surface area contributed by atoms with E-state index in [9.17, 15) is 9.90 Å². The number of ether oxygens (including phenoxy) is 2. The predicted octanol–water partition coefficient (Wildman–Crippen LogP) is 3.18. The van der Waals surface area contributed by atoms with Gasteiger partial charge in [0.2, 0.25) is 0 Å². The zero-order chi connectivity index (χ0) is 15.0. The van der Waals surface area contributed by atoms with Crippen molar-refractivity contribution in [2.24, 2.45) is 5.92 Å². The van der Waals surface area contributed by atoms with Crippen LogP contribution in [0, 0.1) is 5.92 Å². The molecule has 1 aromatic rings. The Morgan fingerprint density at radius 2 is 2.10 bits per heavy atom. The first-order valence-corrected chi connectivity index (χ1v) is 7.48. The molecule has 21 heavy (non-hydrogen) atoms. The molecule has 2 aliphatic rings. The van der Waals surface area contributed by atoms with Gasteiger partial charge in [0, 0.05) is 24.0 Å². The lowest BCUT2D eigenvalue weighted by molar-refractivity contribution is -0.137. The maximum absolute atomic E-state index is 11.2. The number of fused-ring (bicyclic) bond motifs is 1. The highest BCUT2D eigenvalue weighted by Crippen LogP contribution is 2.54. The second-order valence-electron chi connectivity index (χ2n) is 5.54. The fourth-order valence-electron chi connectivity index (χ4n) is 2.82. The van der Waals surface area contributed by atoms with E-state index in [4.69, 9.17) is 26.2 Å². The Hall–Kier alpha value is -1.62. The van der Waals surface area contributed by atoms with E-state index in [0.717, 1.165) is 19.3 Å². The Labute approximate surface area is 127 Å². The van der Waals surface area contributed by atoms with Gasteiger partial charge in [-0.2, -0.15) is 0 Å². The number of phenolic OH excluding ortho intramolecular Hbond substituents is 1. The zero-order valence-corrected chi connectivity index (χ0v) is 12.2. The number of carboxylic acids is 1. The van der Waals surface area contributed by atoms with Crippen molar-refractivity contribution in [3.05, 3.63) is 16.7 Å². The van der Waals surface area contributed by atoms with Gasteiger partial charge in [-0.3, -0.25) is 4.79 Å². The van der Waals surface area contributed by atoms with E-state index in [1.54, 1.807) is 0 Å². The average Bonchev–Trinajstić information content (AvgIpc) is 3.24. The van der Waals surface area contributed by atoms with Crippen LogP contribution in [0.1, 0.15) is 37.2 Å². The van der Waals surface area contributed by atoms with Crippen molar-refractivity contribution in [3.8, 4) is 17.2 Å². The van der Waals surface area contributed by atoms with Crippen molar-refractivity contribution in [1.29, 1.82) is 0 Å². The third-order valence-corrected chi connectivity index (χ3v) is 4.24.